The van der Waals surface area contributed by atoms with E-state index in [2.05, 4.69) is 10.3 Å². The number of benzene rings is 2. The molecule has 2 aromatic carbocycles. The van der Waals surface area contributed by atoms with Crippen LogP contribution in [0.3, 0.4) is 0 Å². The second kappa shape index (κ2) is 11.1. The van der Waals surface area contributed by atoms with Crippen molar-refractivity contribution in [2.45, 2.75) is 31.0 Å². The molecule has 0 spiro atoms. The second-order valence-corrected chi connectivity index (χ2v) is 11.1. The van der Waals surface area contributed by atoms with Crippen LogP contribution in [0.4, 0.5) is 0 Å². The molecule has 200 valence electrons. The fourth-order valence-electron chi connectivity index (χ4n) is 4.52. The molecule has 1 N–H and O–H groups in total. The van der Waals surface area contributed by atoms with E-state index in [1.807, 2.05) is 0 Å². The summed E-state index contributed by atoms with van der Waals surface area (Å²) >= 11 is 0. The van der Waals surface area contributed by atoms with E-state index < -0.39 is 21.1 Å². The molecule has 3 heterocycles. The number of carbonyl (C=O) groups is 1. The van der Waals surface area contributed by atoms with Gasteiger partial charge in [-0.3, -0.25) is 23.7 Å². The number of pyridine rings is 1. The Morgan fingerprint density at radius 3 is 2.36 bits per heavy atom. The highest BCUT2D eigenvalue weighted by Crippen LogP contribution is 2.27. The van der Waals surface area contributed by atoms with Gasteiger partial charge < -0.3 is 10.1 Å². The number of aromatic nitrogens is 3. The molecule has 0 bridgehead atoms. The van der Waals surface area contributed by atoms with Crippen LogP contribution in [0.2, 0.25) is 0 Å². The third-order valence-corrected chi connectivity index (χ3v) is 8.22. The van der Waals surface area contributed by atoms with E-state index in [0.29, 0.717) is 35.5 Å². The third-order valence-electron chi connectivity index (χ3n) is 6.38. The zero-order chi connectivity index (χ0) is 27.4. The summed E-state index contributed by atoms with van der Waals surface area (Å²) in [4.78, 5) is 43.2. The second-order valence-electron chi connectivity index (χ2n) is 9.03. The molecule has 39 heavy (non-hydrogen) atoms. The first kappa shape index (κ1) is 26.1. The Labute approximate surface area is 224 Å². The van der Waals surface area contributed by atoms with Crippen molar-refractivity contribution in [1.29, 1.82) is 0 Å². The quantitative estimate of drug-likeness (QED) is 0.266. The van der Waals surface area contributed by atoms with Crippen LogP contribution in [-0.4, -0.2) is 40.7 Å². The molecule has 0 radical (unpaired) electrons. The Balaban J connectivity index is 1.30. The van der Waals surface area contributed by atoms with E-state index in [0.717, 1.165) is 4.57 Å². The molecule has 0 atom stereocenters. The van der Waals surface area contributed by atoms with Crippen LogP contribution in [-0.2, 0) is 22.9 Å². The smallest absolute Gasteiger partial charge is 0.332 e. The zero-order valence-corrected chi connectivity index (χ0v) is 21.8. The molecule has 1 amide bonds. The molecule has 4 aromatic rings. The fraction of sp³-hybridized carbons (Fsp3) is 0.214. The molecule has 1 aliphatic heterocycles. The lowest BCUT2D eigenvalue weighted by Crippen LogP contribution is -2.45. The van der Waals surface area contributed by atoms with Crippen molar-refractivity contribution in [1.82, 2.24) is 19.4 Å². The van der Waals surface area contributed by atoms with Gasteiger partial charge in [0, 0.05) is 37.6 Å². The van der Waals surface area contributed by atoms with Crippen molar-refractivity contribution in [2.75, 3.05) is 12.3 Å². The summed E-state index contributed by atoms with van der Waals surface area (Å²) in [5.41, 5.74) is -0.434. The fourth-order valence-corrected chi connectivity index (χ4v) is 6.24. The summed E-state index contributed by atoms with van der Waals surface area (Å²) in [6, 6.07) is 18.6. The standard InChI is InChI=1S/C28H26N4O6S/c33-25(21-8-10-22(11-9-21)38-23-12-15-29-16-13-23)30-14-4-17-31-26(34)24(20-6-2-1-3-7-20)27-32(28(31)35)18-5-19-39(27,36)37/h1-3,6-13,15-16H,4-5,14,17-19H2,(H,30,33). The predicted molar refractivity (Wildman–Crippen MR) is 145 cm³/mol. The number of carbonyl (C=O) groups excluding carboxylic acids is 1. The lowest BCUT2D eigenvalue weighted by Gasteiger charge is -2.23. The summed E-state index contributed by atoms with van der Waals surface area (Å²) in [7, 11) is -3.79. The molecule has 1 aliphatic rings. The molecule has 0 saturated heterocycles. The molecule has 0 unspecified atom stereocenters. The number of hydrogen-bond acceptors (Lipinski definition) is 7. The summed E-state index contributed by atoms with van der Waals surface area (Å²) in [5.74, 6) is 0.777. The Bertz CT molecular complexity index is 1710. The SMILES string of the molecule is O=C(NCCCn1c(=O)c(-c2ccccc2)c2n(c1=O)CCCS2(=O)=O)c1ccc(Oc2ccncc2)cc1. The molecule has 0 aliphatic carbocycles. The molecule has 2 aromatic heterocycles. The maximum Gasteiger partial charge on any atom is 0.332 e. The number of hydrogen-bond donors (Lipinski definition) is 1. The monoisotopic (exact) mass is 546 g/mol. The average molecular weight is 547 g/mol. The van der Waals surface area contributed by atoms with Crippen LogP contribution in [0.25, 0.3) is 11.1 Å². The normalized spacial score (nSPS) is 13.8. The van der Waals surface area contributed by atoms with Gasteiger partial charge in [0.05, 0.1) is 11.3 Å². The minimum absolute atomic E-state index is 0.00742. The van der Waals surface area contributed by atoms with E-state index in [9.17, 15) is 22.8 Å². The van der Waals surface area contributed by atoms with Crippen LogP contribution in [0.1, 0.15) is 23.2 Å². The summed E-state index contributed by atoms with van der Waals surface area (Å²) in [5, 5.41) is 2.58. The van der Waals surface area contributed by atoms with Gasteiger partial charge in [-0.25, -0.2) is 13.2 Å². The van der Waals surface area contributed by atoms with Gasteiger partial charge >= 0.3 is 5.69 Å². The summed E-state index contributed by atoms with van der Waals surface area (Å²) in [6.45, 7) is 0.447. The van der Waals surface area contributed by atoms with E-state index >= 15 is 0 Å². The maximum atomic E-state index is 13.4. The van der Waals surface area contributed by atoms with Gasteiger partial charge in [-0.05, 0) is 54.8 Å². The minimum Gasteiger partial charge on any atom is -0.457 e. The van der Waals surface area contributed by atoms with Crippen molar-refractivity contribution < 1.29 is 17.9 Å². The Kier molecular flexibility index (Phi) is 7.42. The van der Waals surface area contributed by atoms with Gasteiger partial charge in [0.25, 0.3) is 11.5 Å². The Morgan fingerprint density at radius 1 is 0.949 bits per heavy atom. The number of rotatable bonds is 8. The van der Waals surface area contributed by atoms with Crippen LogP contribution in [0, 0.1) is 0 Å². The van der Waals surface area contributed by atoms with Gasteiger partial charge in [0.1, 0.15) is 11.5 Å². The van der Waals surface area contributed by atoms with Gasteiger partial charge in [-0.15, -0.1) is 0 Å². The number of ether oxygens (including phenoxy) is 1. The first-order valence-electron chi connectivity index (χ1n) is 12.5. The van der Waals surface area contributed by atoms with Crippen LogP contribution in [0.5, 0.6) is 11.5 Å². The number of nitrogens with zero attached hydrogens (tertiary/aromatic N) is 3. The third kappa shape index (κ3) is 5.53. The van der Waals surface area contributed by atoms with Gasteiger partial charge in [-0.1, -0.05) is 30.3 Å². The van der Waals surface area contributed by atoms with Crippen LogP contribution < -0.4 is 21.3 Å². The Hall–Kier alpha value is -4.51. The van der Waals surface area contributed by atoms with Crippen molar-refractivity contribution in [3.8, 4) is 22.6 Å². The molecule has 0 fully saturated rings. The van der Waals surface area contributed by atoms with Gasteiger partial charge in [0.2, 0.25) is 0 Å². The average Bonchev–Trinajstić information content (AvgIpc) is 2.94. The lowest BCUT2D eigenvalue weighted by molar-refractivity contribution is 0.0952. The Morgan fingerprint density at radius 2 is 1.64 bits per heavy atom. The molecule has 11 heteroatoms. The minimum atomic E-state index is -3.79. The van der Waals surface area contributed by atoms with E-state index in [4.69, 9.17) is 4.74 Å². The summed E-state index contributed by atoms with van der Waals surface area (Å²) in [6.07, 6.45) is 3.83. The maximum absolute atomic E-state index is 13.4. The van der Waals surface area contributed by atoms with E-state index in [-0.39, 0.29) is 41.9 Å². The number of nitrogens with one attached hydrogen (secondary N) is 1. The van der Waals surface area contributed by atoms with Gasteiger partial charge in [0.15, 0.2) is 14.9 Å². The first-order valence-corrected chi connectivity index (χ1v) is 14.1. The van der Waals surface area contributed by atoms with Crippen molar-refractivity contribution in [2.24, 2.45) is 0 Å². The largest absolute Gasteiger partial charge is 0.457 e. The predicted octanol–water partition coefficient (Wildman–Crippen LogP) is 2.86. The van der Waals surface area contributed by atoms with E-state index in [1.165, 1.54) is 4.57 Å². The van der Waals surface area contributed by atoms with Gasteiger partial charge in [-0.2, -0.15) is 0 Å². The highest BCUT2D eigenvalue weighted by Gasteiger charge is 2.32. The highest BCUT2D eigenvalue weighted by molar-refractivity contribution is 7.91. The lowest BCUT2D eigenvalue weighted by atomic mass is 10.1. The number of sulfone groups is 1. The van der Waals surface area contributed by atoms with Crippen molar-refractivity contribution >= 4 is 15.7 Å². The highest BCUT2D eigenvalue weighted by atomic mass is 32.2. The van der Waals surface area contributed by atoms with E-state index in [1.54, 1.807) is 79.1 Å². The van der Waals surface area contributed by atoms with Crippen molar-refractivity contribution in [3.63, 3.8) is 0 Å². The number of amides is 1. The van der Waals surface area contributed by atoms with Crippen LogP contribution in [0.15, 0.2) is 93.7 Å². The summed E-state index contributed by atoms with van der Waals surface area (Å²) < 4.78 is 33.8. The molecular weight excluding hydrogens is 520 g/mol. The number of fused-ring (bicyclic) bond motifs is 1. The molecule has 5 rings (SSSR count). The first-order chi connectivity index (χ1) is 18.8. The van der Waals surface area contributed by atoms with Crippen LogP contribution >= 0.6 is 0 Å². The molecule has 0 saturated carbocycles. The molecule has 10 nitrogen and oxygen atoms in total. The molecular formula is C28H26N4O6S. The topological polar surface area (TPSA) is 129 Å². The van der Waals surface area contributed by atoms with Crippen molar-refractivity contribution in [3.05, 3.63) is 106 Å². The zero-order valence-electron chi connectivity index (χ0n) is 20.9.